The number of carboxylic acids is 1. The van der Waals surface area contributed by atoms with Crippen LogP contribution in [0.5, 0.6) is 0 Å². The van der Waals surface area contributed by atoms with Crippen LogP contribution in [0, 0.1) is 0 Å². The van der Waals surface area contributed by atoms with Crippen molar-refractivity contribution in [2.24, 2.45) is 0 Å². The fraction of sp³-hybridized carbons (Fsp3) is 0.0714. The molecule has 0 saturated heterocycles. The minimum atomic E-state index is -3.72. The van der Waals surface area contributed by atoms with E-state index in [0.717, 1.165) is 0 Å². The molecule has 7 heteroatoms. The first-order valence-corrected chi connectivity index (χ1v) is 8.20. The molecule has 0 spiro atoms. The lowest BCUT2D eigenvalue weighted by molar-refractivity contribution is 0.0696. The van der Waals surface area contributed by atoms with Crippen LogP contribution in [-0.2, 0) is 15.6 Å². The van der Waals surface area contributed by atoms with Crippen molar-refractivity contribution in [1.82, 2.24) is 0 Å². The van der Waals surface area contributed by atoms with Gasteiger partial charge in [-0.05, 0) is 35.9 Å². The predicted molar refractivity (Wildman–Crippen MR) is 80.8 cm³/mol. The fourth-order valence-electron chi connectivity index (χ4n) is 1.81. The first-order chi connectivity index (χ1) is 9.79. The topological polar surface area (TPSA) is 71.4 Å². The molecule has 0 heterocycles. The Labute approximate surface area is 131 Å². The molecule has 4 nitrogen and oxygen atoms in total. The molecule has 2 aromatic rings. The van der Waals surface area contributed by atoms with Crippen molar-refractivity contribution in [3.05, 3.63) is 63.6 Å². The van der Waals surface area contributed by atoms with Gasteiger partial charge in [-0.1, -0.05) is 35.3 Å². The average Bonchev–Trinajstić information content (AvgIpc) is 2.41. The highest BCUT2D eigenvalue weighted by Gasteiger charge is 2.20. The van der Waals surface area contributed by atoms with Crippen LogP contribution in [0.25, 0.3) is 0 Å². The average molecular weight is 345 g/mol. The van der Waals surface area contributed by atoms with Crippen LogP contribution >= 0.6 is 23.2 Å². The number of hydrogen-bond donors (Lipinski definition) is 1. The first kappa shape index (κ1) is 15.8. The van der Waals surface area contributed by atoms with E-state index in [-0.39, 0.29) is 26.3 Å². The molecule has 0 bridgehead atoms. The highest BCUT2D eigenvalue weighted by molar-refractivity contribution is 7.90. The smallest absolute Gasteiger partial charge is 0.335 e. The van der Waals surface area contributed by atoms with Crippen molar-refractivity contribution in [2.45, 2.75) is 10.6 Å². The summed E-state index contributed by atoms with van der Waals surface area (Å²) in [6.07, 6.45) is 0. The number of hydrogen-bond acceptors (Lipinski definition) is 3. The van der Waals surface area contributed by atoms with Crippen LogP contribution in [0.3, 0.4) is 0 Å². The summed E-state index contributed by atoms with van der Waals surface area (Å²) in [6.45, 7) is 0. The van der Waals surface area contributed by atoms with Gasteiger partial charge in [0.15, 0.2) is 9.84 Å². The quantitative estimate of drug-likeness (QED) is 0.918. The van der Waals surface area contributed by atoms with Gasteiger partial charge in [-0.15, -0.1) is 0 Å². The molecule has 21 heavy (non-hydrogen) atoms. The van der Waals surface area contributed by atoms with E-state index in [4.69, 9.17) is 28.3 Å². The van der Waals surface area contributed by atoms with E-state index < -0.39 is 15.8 Å². The van der Waals surface area contributed by atoms with E-state index in [1.165, 1.54) is 36.4 Å². The molecular weight excluding hydrogens is 335 g/mol. The van der Waals surface area contributed by atoms with Crippen LogP contribution in [0.4, 0.5) is 0 Å². The van der Waals surface area contributed by atoms with Gasteiger partial charge in [-0.3, -0.25) is 0 Å². The van der Waals surface area contributed by atoms with Gasteiger partial charge in [0.1, 0.15) is 0 Å². The lowest BCUT2D eigenvalue weighted by atomic mass is 10.1. The van der Waals surface area contributed by atoms with Crippen molar-refractivity contribution < 1.29 is 18.3 Å². The minimum Gasteiger partial charge on any atom is -0.478 e. The van der Waals surface area contributed by atoms with Gasteiger partial charge in [0.05, 0.1) is 21.2 Å². The standard InChI is InChI=1S/C14H10Cl2O4S/c15-11-4-5-12(16)13(7-11)21(19,20)8-9-2-1-3-10(6-9)14(17)18/h1-7H,8H2,(H,17,18). The Bertz CT molecular complexity index is 800. The van der Waals surface area contributed by atoms with Crippen molar-refractivity contribution in [1.29, 1.82) is 0 Å². The Morgan fingerprint density at radius 1 is 1.10 bits per heavy atom. The summed E-state index contributed by atoms with van der Waals surface area (Å²) in [4.78, 5) is 10.8. The monoisotopic (exact) mass is 344 g/mol. The lowest BCUT2D eigenvalue weighted by Crippen LogP contribution is -2.07. The summed E-state index contributed by atoms with van der Waals surface area (Å²) < 4.78 is 24.7. The number of benzene rings is 2. The van der Waals surface area contributed by atoms with Crippen LogP contribution in [0.2, 0.25) is 10.0 Å². The van der Waals surface area contributed by atoms with Crippen molar-refractivity contribution in [2.75, 3.05) is 0 Å². The number of aromatic carboxylic acids is 1. The van der Waals surface area contributed by atoms with Crippen molar-refractivity contribution in [3.63, 3.8) is 0 Å². The molecular formula is C14H10Cl2O4S. The summed E-state index contributed by atoms with van der Waals surface area (Å²) in [5.74, 6) is -1.47. The summed E-state index contributed by atoms with van der Waals surface area (Å²) >= 11 is 11.7. The van der Waals surface area contributed by atoms with Crippen LogP contribution in [0.15, 0.2) is 47.4 Å². The molecule has 0 fully saturated rings. The summed E-state index contributed by atoms with van der Waals surface area (Å²) in [5.41, 5.74) is 0.394. The molecule has 0 aromatic heterocycles. The summed E-state index contributed by atoms with van der Waals surface area (Å²) in [5, 5.41) is 9.26. The third-order valence-electron chi connectivity index (χ3n) is 2.76. The molecule has 0 saturated carbocycles. The number of carboxylic acid groups (broad SMARTS) is 1. The molecule has 1 N–H and O–H groups in total. The minimum absolute atomic E-state index is 0.0277. The van der Waals surface area contributed by atoms with E-state index in [0.29, 0.717) is 5.56 Å². The molecule has 2 rings (SSSR count). The Hall–Kier alpha value is -1.56. The van der Waals surface area contributed by atoms with Gasteiger partial charge in [0.25, 0.3) is 0 Å². The Morgan fingerprint density at radius 3 is 2.48 bits per heavy atom. The molecule has 110 valence electrons. The molecule has 0 aliphatic carbocycles. The van der Waals surface area contributed by atoms with E-state index in [1.807, 2.05) is 0 Å². The highest BCUT2D eigenvalue weighted by Crippen LogP contribution is 2.27. The molecule has 0 aliphatic rings. The van der Waals surface area contributed by atoms with Crippen molar-refractivity contribution >= 4 is 39.0 Å². The van der Waals surface area contributed by atoms with E-state index in [1.54, 1.807) is 6.07 Å². The second-order valence-corrected chi connectivity index (χ2v) is 7.14. The van der Waals surface area contributed by atoms with Crippen molar-refractivity contribution in [3.8, 4) is 0 Å². The Morgan fingerprint density at radius 2 is 1.81 bits per heavy atom. The van der Waals surface area contributed by atoms with Crippen LogP contribution in [0.1, 0.15) is 15.9 Å². The molecule has 0 aliphatic heterocycles. The maximum absolute atomic E-state index is 12.4. The van der Waals surface area contributed by atoms with Crippen LogP contribution < -0.4 is 0 Å². The van der Waals surface area contributed by atoms with E-state index in [9.17, 15) is 13.2 Å². The first-order valence-electron chi connectivity index (χ1n) is 5.79. The van der Waals surface area contributed by atoms with Gasteiger partial charge >= 0.3 is 5.97 Å². The number of sulfone groups is 1. The third-order valence-corrected chi connectivity index (χ3v) is 5.16. The largest absolute Gasteiger partial charge is 0.478 e. The van der Waals surface area contributed by atoms with Crippen LogP contribution in [-0.4, -0.2) is 19.5 Å². The van der Waals surface area contributed by atoms with Gasteiger partial charge < -0.3 is 5.11 Å². The molecule has 2 aromatic carbocycles. The second-order valence-electron chi connectivity index (χ2n) is 4.34. The molecule has 0 unspecified atom stereocenters. The summed E-state index contributed by atoms with van der Waals surface area (Å²) in [7, 11) is -3.72. The normalized spacial score (nSPS) is 11.3. The van der Waals surface area contributed by atoms with Gasteiger partial charge in [0.2, 0.25) is 0 Å². The zero-order valence-electron chi connectivity index (χ0n) is 10.6. The van der Waals surface area contributed by atoms with Gasteiger partial charge in [-0.2, -0.15) is 0 Å². The lowest BCUT2D eigenvalue weighted by Gasteiger charge is -2.08. The summed E-state index contributed by atoms with van der Waals surface area (Å²) in [6, 6.07) is 9.93. The maximum atomic E-state index is 12.4. The molecule has 0 amide bonds. The predicted octanol–water partition coefficient (Wildman–Crippen LogP) is 3.67. The van der Waals surface area contributed by atoms with E-state index in [2.05, 4.69) is 0 Å². The zero-order valence-corrected chi connectivity index (χ0v) is 12.9. The zero-order chi connectivity index (χ0) is 15.6. The fourth-order valence-corrected chi connectivity index (χ4v) is 3.96. The number of carbonyl (C=O) groups is 1. The van der Waals surface area contributed by atoms with E-state index >= 15 is 0 Å². The number of rotatable bonds is 4. The number of halogens is 2. The molecule has 0 atom stereocenters. The second kappa shape index (κ2) is 6.05. The molecule has 0 radical (unpaired) electrons. The van der Waals surface area contributed by atoms with Gasteiger partial charge in [-0.25, -0.2) is 13.2 Å². The van der Waals surface area contributed by atoms with Gasteiger partial charge in [0, 0.05) is 5.02 Å². The highest BCUT2D eigenvalue weighted by atomic mass is 35.5. The third kappa shape index (κ3) is 3.75. The Balaban J connectivity index is 2.40. The SMILES string of the molecule is O=C(O)c1cccc(CS(=O)(=O)c2cc(Cl)ccc2Cl)c1. The maximum Gasteiger partial charge on any atom is 0.335 e. The Kier molecular flexibility index (Phi) is 4.56.